The Morgan fingerprint density at radius 2 is 1.21 bits per heavy atom. The molecule has 0 N–H and O–H groups in total. The van der Waals surface area contributed by atoms with Crippen molar-refractivity contribution in [1.82, 2.24) is 0 Å². The molecular formula is C20H18O9. The lowest BCUT2D eigenvalue weighted by Gasteiger charge is -2.10. The first-order valence-electron chi connectivity index (χ1n) is 8.36. The van der Waals surface area contributed by atoms with Gasteiger partial charge in [0.05, 0.1) is 20.6 Å². The number of esters is 3. The molecule has 0 atom stereocenters. The van der Waals surface area contributed by atoms with Gasteiger partial charge in [-0.2, -0.15) is 0 Å². The number of hydrogen-bond donors (Lipinski definition) is 0. The maximum absolute atomic E-state index is 11.9. The lowest BCUT2D eigenvalue weighted by atomic mass is 10.2. The molecule has 0 radical (unpaired) electrons. The minimum atomic E-state index is -1.11. The SMILES string of the molecule is COC(=O)c1ccccc1OC(=O)CCOC(=O)Oc1ccccc1C(=O)OC. The van der Waals surface area contributed by atoms with Crippen LogP contribution in [0.25, 0.3) is 0 Å². The van der Waals surface area contributed by atoms with Crippen LogP contribution >= 0.6 is 0 Å². The molecule has 0 aliphatic rings. The summed E-state index contributed by atoms with van der Waals surface area (Å²) in [5.74, 6) is -2.08. The number of methoxy groups -OCH3 is 2. The van der Waals surface area contributed by atoms with Gasteiger partial charge in [0.25, 0.3) is 0 Å². The highest BCUT2D eigenvalue weighted by molar-refractivity contribution is 5.94. The summed E-state index contributed by atoms with van der Waals surface area (Å²) in [6.45, 7) is -0.335. The second-order valence-corrected chi connectivity index (χ2v) is 5.40. The molecule has 2 aromatic rings. The minimum absolute atomic E-state index is 0.0268. The number of benzene rings is 2. The molecule has 2 rings (SSSR count). The summed E-state index contributed by atoms with van der Waals surface area (Å²) in [6, 6.07) is 12.0. The fourth-order valence-corrected chi connectivity index (χ4v) is 2.18. The van der Waals surface area contributed by atoms with Crippen molar-refractivity contribution in [3.8, 4) is 11.5 Å². The predicted molar refractivity (Wildman–Crippen MR) is 97.8 cm³/mol. The van der Waals surface area contributed by atoms with Gasteiger partial charge in [-0.3, -0.25) is 4.79 Å². The maximum atomic E-state index is 11.9. The second kappa shape index (κ2) is 10.5. The van der Waals surface area contributed by atoms with Crippen LogP contribution in [0.2, 0.25) is 0 Å². The van der Waals surface area contributed by atoms with Gasteiger partial charge in [0.15, 0.2) is 0 Å². The second-order valence-electron chi connectivity index (χ2n) is 5.40. The first kappa shape index (κ1) is 21.4. The predicted octanol–water partition coefficient (Wildman–Crippen LogP) is 2.77. The molecule has 0 amide bonds. The first-order valence-corrected chi connectivity index (χ1v) is 8.36. The van der Waals surface area contributed by atoms with Gasteiger partial charge in [-0.05, 0) is 24.3 Å². The van der Waals surface area contributed by atoms with Crippen molar-refractivity contribution in [3.63, 3.8) is 0 Å². The highest BCUT2D eigenvalue weighted by atomic mass is 16.7. The standard InChI is InChI=1S/C20H18O9/c1-25-18(22)13-7-3-5-9-15(13)28-17(21)11-12-27-20(24)29-16-10-6-4-8-14(16)19(23)26-2/h3-10H,11-12H2,1-2H3. The monoisotopic (exact) mass is 402 g/mol. The molecular weight excluding hydrogens is 384 g/mol. The zero-order valence-electron chi connectivity index (χ0n) is 15.7. The van der Waals surface area contributed by atoms with E-state index < -0.39 is 24.1 Å². The summed E-state index contributed by atoms with van der Waals surface area (Å²) < 4.78 is 24.1. The van der Waals surface area contributed by atoms with Crippen LogP contribution < -0.4 is 9.47 Å². The van der Waals surface area contributed by atoms with Crippen molar-refractivity contribution in [3.05, 3.63) is 59.7 Å². The molecule has 0 saturated carbocycles. The van der Waals surface area contributed by atoms with Crippen LogP contribution in [0.1, 0.15) is 27.1 Å². The number of para-hydroxylation sites is 2. The molecule has 0 fully saturated rings. The van der Waals surface area contributed by atoms with Crippen LogP contribution in [0.3, 0.4) is 0 Å². The third-order valence-corrected chi connectivity index (χ3v) is 3.53. The smallest absolute Gasteiger partial charge is 0.465 e. The van der Waals surface area contributed by atoms with Gasteiger partial charge in [0.2, 0.25) is 0 Å². The van der Waals surface area contributed by atoms with E-state index in [1.54, 1.807) is 24.3 Å². The molecule has 9 nitrogen and oxygen atoms in total. The molecule has 29 heavy (non-hydrogen) atoms. The summed E-state index contributed by atoms with van der Waals surface area (Å²) in [7, 11) is 2.40. The first-order chi connectivity index (χ1) is 14.0. The van der Waals surface area contributed by atoms with E-state index in [-0.39, 0.29) is 35.7 Å². The Morgan fingerprint density at radius 3 is 1.72 bits per heavy atom. The van der Waals surface area contributed by atoms with Crippen LogP contribution in [-0.2, 0) is 19.0 Å². The Bertz CT molecular complexity index is 831. The van der Waals surface area contributed by atoms with E-state index in [0.29, 0.717) is 0 Å². The average Bonchev–Trinajstić information content (AvgIpc) is 2.73. The Labute approximate surface area is 166 Å². The van der Waals surface area contributed by atoms with Gasteiger partial charge >= 0.3 is 24.1 Å². The normalized spacial score (nSPS) is 9.86. The maximum Gasteiger partial charge on any atom is 0.513 e. The van der Waals surface area contributed by atoms with Crippen molar-refractivity contribution in [2.75, 3.05) is 20.8 Å². The topological polar surface area (TPSA) is 114 Å². The van der Waals surface area contributed by atoms with Crippen LogP contribution in [0.5, 0.6) is 11.5 Å². The molecule has 0 spiro atoms. The zero-order valence-corrected chi connectivity index (χ0v) is 15.7. The van der Waals surface area contributed by atoms with Gasteiger partial charge in [0.1, 0.15) is 29.2 Å². The Balaban J connectivity index is 1.86. The lowest BCUT2D eigenvalue weighted by molar-refractivity contribution is -0.135. The molecule has 0 saturated heterocycles. The Hall–Kier alpha value is -3.88. The summed E-state index contributed by atoms with van der Waals surface area (Å²) in [4.78, 5) is 47.0. The van der Waals surface area contributed by atoms with Gasteiger partial charge in [-0.25, -0.2) is 14.4 Å². The molecule has 0 heterocycles. The van der Waals surface area contributed by atoms with Crippen molar-refractivity contribution >= 4 is 24.1 Å². The molecule has 0 bridgehead atoms. The van der Waals surface area contributed by atoms with Gasteiger partial charge < -0.3 is 23.7 Å². The van der Waals surface area contributed by atoms with Crippen LogP contribution in [0.15, 0.2) is 48.5 Å². The molecule has 0 unspecified atom stereocenters. The van der Waals surface area contributed by atoms with E-state index in [4.69, 9.17) is 14.2 Å². The number of ether oxygens (including phenoxy) is 5. The number of carbonyl (C=O) groups excluding carboxylic acids is 4. The minimum Gasteiger partial charge on any atom is -0.465 e. The largest absolute Gasteiger partial charge is 0.513 e. The summed E-state index contributed by atoms with van der Waals surface area (Å²) in [5, 5.41) is 0. The molecule has 2 aromatic carbocycles. The van der Waals surface area contributed by atoms with E-state index in [2.05, 4.69) is 9.47 Å². The van der Waals surface area contributed by atoms with Crippen LogP contribution in [0, 0.1) is 0 Å². The number of hydrogen-bond acceptors (Lipinski definition) is 9. The van der Waals surface area contributed by atoms with Gasteiger partial charge in [-0.1, -0.05) is 24.3 Å². The van der Waals surface area contributed by atoms with Crippen molar-refractivity contribution < 1.29 is 42.9 Å². The Kier molecular flexibility index (Phi) is 7.72. The average molecular weight is 402 g/mol. The Morgan fingerprint density at radius 1 is 0.724 bits per heavy atom. The molecule has 9 heteroatoms. The van der Waals surface area contributed by atoms with Crippen molar-refractivity contribution in [1.29, 1.82) is 0 Å². The van der Waals surface area contributed by atoms with E-state index >= 15 is 0 Å². The summed E-state index contributed by atoms with van der Waals surface area (Å²) in [5.41, 5.74) is 0.133. The van der Waals surface area contributed by atoms with Gasteiger partial charge in [-0.15, -0.1) is 0 Å². The highest BCUT2D eigenvalue weighted by Gasteiger charge is 2.18. The third kappa shape index (κ3) is 6.06. The van der Waals surface area contributed by atoms with E-state index in [0.717, 1.165) is 0 Å². The molecule has 0 aromatic heterocycles. The quantitative estimate of drug-likeness (QED) is 0.298. The third-order valence-electron chi connectivity index (χ3n) is 3.53. The van der Waals surface area contributed by atoms with Crippen LogP contribution in [-0.4, -0.2) is 44.9 Å². The molecule has 0 aliphatic heterocycles. The van der Waals surface area contributed by atoms with E-state index in [1.165, 1.54) is 38.5 Å². The number of carbonyl (C=O) groups is 4. The van der Waals surface area contributed by atoms with E-state index in [9.17, 15) is 19.2 Å². The highest BCUT2D eigenvalue weighted by Crippen LogP contribution is 2.20. The lowest BCUT2D eigenvalue weighted by Crippen LogP contribution is -2.18. The number of rotatable bonds is 7. The van der Waals surface area contributed by atoms with E-state index in [1.807, 2.05) is 0 Å². The molecule has 0 aliphatic carbocycles. The zero-order chi connectivity index (χ0) is 21.2. The fourth-order valence-electron chi connectivity index (χ4n) is 2.18. The molecule has 152 valence electrons. The summed E-state index contributed by atoms with van der Waals surface area (Å²) in [6.07, 6.45) is -1.40. The fraction of sp³-hybridized carbons (Fsp3) is 0.200. The summed E-state index contributed by atoms with van der Waals surface area (Å²) >= 11 is 0. The van der Waals surface area contributed by atoms with Crippen LogP contribution in [0.4, 0.5) is 4.79 Å². The van der Waals surface area contributed by atoms with Gasteiger partial charge in [0, 0.05) is 0 Å². The van der Waals surface area contributed by atoms with Crippen molar-refractivity contribution in [2.45, 2.75) is 6.42 Å². The van der Waals surface area contributed by atoms with Crippen molar-refractivity contribution in [2.24, 2.45) is 0 Å².